The van der Waals surface area contributed by atoms with Crippen LogP contribution in [0.5, 0.6) is 0 Å². The molecule has 1 atom stereocenters. The smallest absolute Gasteiger partial charge is 0.726 e. The predicted octanol–water partition coefficient (Wildman–Crippen LogP) is -3.29. The van der Waals surface area contributed by atoms with Gasteiger partial charge < -0.3 is 9.29 Å². The minimum absolute atomic E-state index is 0. The van der Waals surface area contributed by atoms with Crippen LogP contribution in [0.3, 0.4) is 0 Å². The maximum atomic E-state index is 11.1. The van der Waals surface area contributed by atoms with Crippen molar-refractivity contribution in [3.05, 3.63) is 10.4 Å². The molecule has 9 nitrogen and oxygen atoms in total. The van der Waals surface area contributed by atoms with Crippen LogP contribution in [-0.4, -0.2) is 38.2 Å². The molecule has 0 saturated heterocycles. The quantitative estimate of drug-likeness (QED) is 0.0965. The second-order valence-corrected chi connectivity index (χ2v) is 3.68. The van der Waals surface area contributed by atoms with Crippen LogP contribution in [-0.2, 0) is 24.1 Å². The zero-order valence-electron chi connectivity index (χ0n) is 8.91. The number of ether oxygens (including phenoxy) is 1. The molecule has 0 spiro atoms. The first-order valence-corrected chi connectivity index (χ1v) is 4.83. The first kappa shape index (κ1) is 18.0. The molecule has 0 N–H and O–H groups in total. The molecule has 16 heavy (non-hydrogen) atoms. The summed E-state index contributed by atoms with van der Waals surface area (Å²) in [7, 11) is -3.95. The molecular formula is C5H8N3NaO6S. The molecule has 0 unspecified atom stereocenters. The second-order valence-electron chi connectivity index (χ2n) is 2.63. The van der Waals surface area contributed by atoms with Crippen molar-refractivity contribution in [2.75, 3.05) is 13.7 Å². The Morgan fingerprint density at radius 3 is 2.44 bits per heavy atom. The summed E-state index contributed by atoms with van der Waals surface area (Å²) in [5.74, 6) is -1.01. The Kier molecular flexibility index (Phi) is 7.96. The van der Waals surface area contributed by atoms with E-state index >= 15 is 0 Å². The van der Waals surface area contributed by atoms with Crippen molar-refractivity contribution < 1.29 is 56.2 Å². The SMILES string of the molecule is COC(=O)[C@@](C)(COS(=O)(=O)[O-])N=[N+]=[N-].[Na+]. The van der Waals surface area contributed by atoms with Crippen LogP contribution >= 0.6 is 0 Å². The van der Waals surface area contributed by atoms with Crippen LogP contribution in [0.4, 0.5) is 0 Å². The van der Waals surface area contributed by atoms with Crippen molar-refractivity contribution in [1.82, 2.24) is 0 Å². The van der Waals surface area contributed by atoms with Gasteiger partial charge in [-0.05, 0) is 12.5 Å². The van der Waals surface area contributed by atoms with Gasteiger partial charge in [0.25, 0.3) is 0 Å². The summed E-state index contributed by atoms with van der Waals surface area (Å²) in [6.45, 7) is 0.166. The largest absolute Gasteiger partial charge is 1.00 e. The molecule has 0 saturated carbocycles. The number of azide groups is 1. The topological polar surface area (TPSA) is 141 Å². The molecule has 0 radical (unpaired) electrons. The monoisotopic (exact) mass is 261 g/mol. The number of methoxy groups -OCH3 is 1. The fourth-order valence-electron chi connectivity index (χ4n) is 0.634. The van der Waals surface area contributed by atoms with E-state index < -0.39 is 28.5 Å². The summed E-state index contributed by atoms with van der Waals surface area (Å²) < 4.78 is 38.5. The maximum Gasteiger partial charge on any atom is 1.00 e. The van der Waals surface area contributed by atoms with Crippen LogP contribution in [0.1, 0.15) is 6.92 Å². The van der Waals surface area contributed by atoms with Gasteiger partial charge in [-0.2, -0.15) is 0 Å². The van der Waals surface area contributed by atoms with Crippen molar-refractivity contribution in [1.29, 1.82) is 0 Å². The molecule has 0 aliphatic heterocycles. The molecule has 0 rings (SSSR count). The fourth-order valence-corrected chi connectivity index (χ4v) is 1.01. The van der Waals surface area contributed by atoms with Gasteiger partial charge >= 0.3 is 35.5 Å². The van der Waals surface area contributed by atoms with E-state index in [-0.39, 0.29) is 29.6 Å². The second kappa shape index (κ2) is 7.07. The molecule has 0 heterocycles. The van der Waals surface area contributed by atoms with Crippen LogP contribution < -0.4 is 29.6 Å². The summed E-state index contributed by atoms with van der Waals surface area (Å²) in [6, 6.07) is 0. The first-order chi connectivity index (χ1) is 6.75. The van der Waals surface area contributed by atoms with Crippen molar-refractivity contribution in [2.45, 2.75) is 12.5 Å². The van der Waals surface area contributed by atoms with E-state index in [1.165, 1.54) is 0 Å². The third-order valence-corrected chi connectivity index (χ3v) is 1.78. The zero-order chi connectivity index (χ0) is 12.1. The summed E-state index contributed by atoms with van der Waals surface area (Å²) in [5.41, 5.74) is 6.26. The van der Waals surface area contributed by atoms with E-state index in [1.54, 1.807) is 0 Å². The molecule has 0 aromatic heterocycles. The van der Waals surface area contributed by atoms with E-state index in [9.17, 15) is 17.8 Å². The minimum Gasteiger partial charge on any atom is -0.726 e. The Bertz CT molecular complexity index is 391. The Morgan fingerprint density at radius 2 is 2.12 bits per heavy atom. The Labute approximate surface area is 114 Å². The van der Waals surface area contributed by atoms with E-state index in [2.05, 4.69) is 18.9 Å². The van der Waals surface area contributed by atoms with Crippen LogP contribution in [0.25, 0.3) is 10.4 Å². The molecule has 0 aliphatic rings. The average molecular weight is 261 g/mol. The number of carbonyl (C=O) groups is 1. The summed E-state index contributed by atoms with van der Waals surface area (Å²) in [5, 5.41) is 3.01. The minimum atomic E-state index is -4.96. The first-order valence-electron chi connectivity index (χ1n) is 3.50. The van der Waals surface area contributed by atoms with Gasteiger partial charge in [-0.1, -0.05) is 5.11 Å². The number of hydrogen-bond acceptors (Lipinski definition) is 7. The average Bonchev–Trinajstić information content (AvgIpc) is 2.13. The van der Waals surface area contributed by atoms with Crippen LogP contribution in [0.2, 0.25) is 0 Å². The maximum absolute atomic E-state index is 11.1. The standard InChI is InChI=1S/C5H9N3O6S.Na/c1-5(7-8-6,4(9)13-2)3-14-15(10,11)12;/h3H2,1-2H3,(H,10,11,12);/q;+1/p-1/t5-;/m1./s1. The van der Waals surface area contributed by atoms with Gasteiger partial charge in [0, 0.05) is 4.91 Å². The number of esters is 1. The van der Waals surface area contributed by atoms with Gasteiger partial charge in [-0.25, -0.2) is 8.42 Å². The number of nitrogens with zero attached hydrogens (tertiary/aromatic N) is 3. The third-order valence-electron chi connectivity index (χ3n) is 1.37. The Hall–Kier alpha value is -0.350. The van der Waals surface area contributed by atoms with E-state index in [4.69, 9.17) is 5.53 Å². The van der Waals surface area contributed by atoms with Crippen molar-refractivity contribution in [2.24, 2.45) is 5.11 Å². The molecule has 11 heteroatoms. The van der Waals surface area contributed by atoms with Gasteiger partial charge in [0.15, 0.2) is 5.54 Å². The van der Waals surface area contributed by atoms with Gasteiger partial charge in [0.2, 0.25) is 10.4 Å². The van der Waals surface area contributed by atoms with Crippen molar-refractivity contribution >= 4 is 16.4 Å². The van der Waals surface area contributed by atoms with Gasteiger partial charge in [0.05, 0.1) is 13.7 Å². The Balaban J connectivity index is 0. The molecule has 0 aromatic carbocycles. The molecule has 0 amide bonds. The molecular weight excluding hydrogens is 253 g/mol. The molecule has 0 bridgehead atoms. The number of carbonyl (C=O) groups excluding carboxylic acids is 1. The Morgan fingerprint density at radius 1 is 1.62 bits per heavy atom. The van der Waals surface area contributed by atoms with Crippen LogP contribution in [0.15, 0.2) is 5.11 Å². The summed E-state index contributed by atoms with van der Waals surface area (Å²) >= 11 is 0. The third kappa shape index (κ3) is 6.28. The number of hydrogen-bond donors (Lipinski definition) is 0. The molecule has 0 aliphatic carbocycles. The fraction of sp³-hybridized carbons (Fsp3) is 0.800. The van der Waals surface area contributed by atoms with Crippen molar-refractivity contribution in [3.8, 4) is 0 Å². The van der Waals surface area contributed by atoms with E-state index in [0.29, 0.717) is 0 Å². The van der Waals surface area contributed by atoms with Crippen molar-refractivity contribution in [3.63, 3.8) is 0 Å². The predicted molar refractivity (Wildman–Crippen MR) is 45.2 cm³/mol. The van der Waals surface area contributed by atoms with E-state index in [1.807, 2.05) is 0 Å². The van der Waals surface area contributed by atoms with Gasteiger partial charge in [-0.3, -0.25) is 8.98 Å². The summed E-state index contributed by atoms with van der Waals surface area (Å²) in [4.78, 5) is 13.4. The van der Waals surface area contributed by atoms with Crippen LogP contribution in [0, 0.1) is 0 Å². The van der Waals surface area contributed by atoms with Gasteiger partial charge in [0.1, 0.15) is 0 Å². The summed E-state index contributed by atoms with van der Waals surface area (Å²) in [6.07, 6.45) is 0. The molecule has 86 valence electrons. The molecule has 0 fully saturated rings. The van der Waals surface area contributed by atoms with Gasteiger partial charge in [-0.15, -0.1) is 0 Å². The normalized spacial score (nSPS) is 13.9. The zero-order valence-corrected chi connectivity index (χ0v) is 11.7. The van der Waals surface area contributed by atoms with E-state index in [0.717, 1.165) is 14.0 Å². The number of rotatable bonds is 5. The molecule has 0 aromatic rings.